The van der Waals surface area contributed by atoms with Gasteiger partial charge in [-0.05, 0) is 55.4 Å². The third kappa shape index (κ3) is 5.93. The van der Waals surface area contributed by atoms with E-state index in [2.05, 4.69) is 15.1 Å². The van der Waals surface area contributed by atoms with E-state index in [1.54, 1.807) is 0 Å². The Morgan fingerprint density at radius 1 is 1.03 bits per heavy atom. The van der Waals surface area contributed by atoms with Gasteiger partial charge in [0.05, 0.1) is 19.8 Å². The van der Waals surface area contributed by atoms with Crippen LogP contribution in [0.2, 0.25) is 0 Å². The number of hydrogen-bond donors (Lipinski definition) is 1. The van der Waals surface area contributed by atoms with Crippen LogP contribution in [-0.4, -0.2) is 81.3 Å². The number of nitrogens with one attached hydrogen (secondary N) is 1. The Kier molecular flexibility index (Phi) is 7.41. The number of carbonyl (C=O) groups is 1. The number of fused-ring (bicyclic) bond motifs is 1. The monoisotopic (exact) mass is 401 g/mol. The van der Waals surface area contributed by atoms with Gasteiger partial charge in [0.2, 0.25) is 0 Å². The second-order valence-corrected chi connectivity index (χ2v) is 8.65. The Labute approximate surface area is 174 Å². The van der Waals surface area contributed by atoms with Gasteiger partial charge in [-0.15, -0.1) is 0 Å². The first-order valence-electron chi connectivity index (χ1n) is 11.3. The first-order valence-corrected chi connectivity index (χ1v) is 11.3. The molecule has 4 rings (SSSR count). The molecule has 3 aliphatic rings. The zero-order valence-electron chi connectivity index (χ0n) is 17.5. The number of carbonyl (C=O) groups excluding carboxylic acids is 1. The number of nitrogens with zero attached hydrogens (tertiary/aromatic N) is 2. The Bertz CT molecular complexity index is 633. The van der Waals surface area contributed by atoms with Crippen molar-refractivity contribution in [1.29, 1.82) is 0 Å². The van der Waals surface area contributed by atoms with Gasteiger partial charge in [0, 0.05) is 51.4 Å². The molecule has 0 bridgehead atoms. The lowest BCUT2D eigenvalue weighted by Gasteiger charge is -2.26. The second-order valence-electron chi connectivity index (χ2n) is 8.65. The summed E-state index contributed by atoms with van der Waals surface area (Å²) >= 11 is 0. The first-order chi connectivity index (χ1) is 14.3. The number of benzene rings is 1. The van der Waals surface area contributed by atoms with Crippen molar-refractivity contribution in [2.75, 3.05) is 65.6 Å². The molecule has 2 heterocycles. The number of hydrogen-bond acceptors (Lipinski definition) is 5. The third-order valence-electron chi connectivity index (χ3n) is 6.62. The first kappa shape index (κ1) is 20.6. The summed E-state index contributed by atoms with van der Waals surface area (Å²) in [5, 5.41) is 3.00. The van der Waals surface area contributed by atoms with Gasteiger partial charge in [-0.1, -0.05) is 6.42 Å². The molecule has 2 aliphatic heterocycles. The minimum atomic E-state index is -0.0237. The van der Waals surface area contributed by atoms with Crippen molar-refractivity contribution in [2.24, 2.45) is 11.8 Å². The van der Waals surface area contributed by atoms with Gasteiger partial charge in [-0.25, -0.2) is 0 Å². The van der Waals surface area contributed by atoms with E-state index in [0.29, 0.717) is 12.1 Å². The van der Waals surface area contributed by atoms with E-state index < -0.39 is 0 Å². The molecular formula is C23H35N3O3. The van der Waals surface area contributed by atoms with Gasteiger partial charge in [-0.2, -0.15) is 0 Å². The summed E-state index contributed by atoms with van der Waals surface area (Å²) in [5.74, 6) is 2.74. The van der Waals surface area contributed by atoms with Crippen molar-refractivity contribution in [3.8, 4) is 5.75 Å². The van der Waals surface area contributed by atoms with Crippen LogP contribution in [-0.2, 0) is 4.74 Å². The zero-order chi connectivity index (χ0) is 19.9. The average Bonchev–Trinajstić information content (AvgIpc) is 3.34. The van der Waals surface area contributed by atoms with Crippen molar-refractivity contribution >= 4 is 5.91 Å². The molecule has 1 N–H and O–H groups in total. The highest BCUT2D eigenvalue weighted by Gasteiger charge is 2.35. The van der Waals surface area contributed by atoms with Gasteiger partial charge < -0.3 is 19.7 Å². The molecule has 2 unspecified atom stereocenters. The molecule has 160 valence electrons. The van der Waals surface area contributed by atoms with Crippen molar-refractivity contribution in [3.63, 3.8) is 0 Å². The molecule has 1 saturated carbocycles. The van der Waals surface area contributed by atoms with E-state index in [-0.39, 0.29) is 5.91 Å². The molecule has 1 aliphatic carbocycles. The van der Waals surface area contributed by atoms with Crippen LogP contribution < -0.4 is 10.1 Å². The lowest BCUT2D eigenvalue weighted by molar-refractivity contribution is 0.0383. The highest BCUT2D eigenvalue weighted by atomic mass is 16.5. The molecule has 1 amide bonds. The maximum atomic E-state index is 12.3. The minimum Gasteiger partial charge on any atom is -0.494 e. The van der Waals surface area contributed by atoms with Crippen LogP contribution >= 0.6 is 0 Å². The largest absolute Gasteiger partial charge is 0.494 e. The summed E-state index contributed by atoms with van der Waals surface area (Å²) < 4.78 is 11.2. The maximum absolute atomic E-state index is 12.3. The van der Waals surface area contributed by atoms with Crippen LogP contribution in [0.15, 0.2) is 24.3 Å². The third-order valence-corrected chi connectivity index (χ3v) is 6.62. The summed E-state index contributed by atoms with van der Waals surface area (Å²) in [7, 11) is 0. The molecule has 6 heteroatoms. The van der Waals surface area contributed by atoms with Crippen molar-refractivity contribution in [3.05, 3.63) is 29.8 Å². The van der Waals surface area contributed by atoms with Gasteiger partial charge in [0.25, 0.3) is 5.91 Å². The van der Waals surface area contributed by atoms with Crippen LogP contribution in [0.25, 0.3) is 0 Å². The Morgan fingerprint density at radius 3 is 2.48 bits per heavy atom. The fraction of sp³-hybridized carbons (Fsp3) is 0.696. The van der Waals surface area contributed by atoms with Gasteiger partial charge in [0.1, 0.15) is 5.75 Å². The Balaban J connectivity index is 1.10. The number of rotatable bonds is 9. The number of amides is 1. The predicted octanol–water partition coefficient (Wildman–Crippen LogP) is 2.25. The lowest BCUT2D eigenvalue weighted by atomic mass is 10.0. The molecule has 0 spiro atoms. The SMILES string of the molecule is O=C(NCCN1CCOCC1)c1ccc(OCCCN2CC3CCCC3C2)cc1. The smallest absolute Gasteiger partial charge is 0.251 e. The van der Waals surface area contributed by atoms with E-state index in [0.717, 1.165) is 70.0 Å². The molecule has 6 nitrogen and oxygen atoms in total. The van der Waals surface area contributed by atoms with E-state index in [1.807, 2.05) is 24.3 Å². The van der Waals surface area contributed by atoms with E-state index >= 15 is 0 Å². The lowest BCUT2D eigenvalue weighted by Crippen LogP contribution is -2.41. The molecular weight excluding hydrogens is 366 g/mol. The molecule has 3 fully saturated rings. The number of likely N-dealkylation sites (tertiary alicyclic amines) is 1. The summed E-state index contributed by atoms with van der Waals surface area (Å²) in [4.78, 5) is 17.2. The Hall–Kier alpha value is -1.63. The van der Waals surface area contributed by atoms with Crippen LogP contribution in [0.4, 0.5) is 0 Å². The fourth-order valence-electron chi connectivity index (χ4n) is 4.95. The maximum Gasteiger partial charge on any atom is 0.251 e. The van der Waals surface area contributed by atoms with Crippen molar-refractivity contribution in [1.82, 2.24) is 15.1 Å². The minimum absolute atomic E-state index is 0.0237. The van der Waals surface area contributed by atoms with E-state index in [9.17, 15) is 4.79 Å². The Morgan fingerprint density at radius 2 is 1.76 bits per heavy atom. The predicted molar refractivity (Wildman–Crippen MR) is 113 cm³/mol. The quantitative estimate of drug-likeness (QED) is 0.643. The molecule has 29 heavy (non-hydrogen) atoms. The number of ether oxygens (including phenoxy) is 2. The van der Waals surface area contributed by atoms with Gasteiger partial charge in [-0.3, -0.25) is 9.69 Å². The van der Waals surface area contributed by atoms with Gasteiger partial charge >= 0.3 is 0 Å². The van der Waals surface area contributed by atoms with E-state index in [1.165, 1.54) is 32.4 Å². The van der Waals surface area contributed by atoms with Crippen molar-refractivity contribution in [2.45, 2.75) is 25.7 Å². The highest BCUT2D eigenvalue weighted by molar-refractivity contribution is 5.94. The topological polar surface area (TPSA) is 54.0 Å². The van der Waals surface area contributed by atoms with Gasteiger partial charge in [0.15, 0.2) is 0 Å². The number of morpholine rings is 1. The van der Waals surface area contributed by atoms with Crippen LogP contribution in [0.3, 0.4) is 0 Å². The highest BCUT2D eigenvalue weighted by Crippen LogP contribution is 2.37. The summed E-state index contributed by atoms with van der Waals surface area (Å²) in [6.45, 7) is 9.45. The average molecular weight is 402 g/mol. The molecule has 0 aromatic heterocycles. The zero-order valence-corrected chi connectivity index (χ0v) is 17.5. The molecule has 2 saturated heterocycles. The van der Waals surface area contributed by atoms with E-state index in [4.69, 9.17) is 9.47 Å². The van der Waals surface area contributed by atoms with Crippen molar-refractivity contribution < 1.29 is 14.3 Å². The van der Waals surface area contributed by atoms with Crippen LogP contribution in [0.5, 0.6) is 5.75 Å². The summed E-state index contributed by atoms with van der Waals surface area (Å²) in [6, 6.07) is 7.50. The van der Waals surface area contributed by atoms with Crippen LogP contribution in [0.1, 0.15) is 36.0 Å². The molecule has 1 aromatic rings. The summed E-state index contributed by atoms with van der Waals surface area (Å²) in [6.07, 6.45) is 5.37. The standard InChI is InChI=1S/C23H35N3O3/c27-23(24-9-11-25-12-15-28-16-13-25)19-5-7-22(8-6-19)29-14-2-10-26-17-20-3-1-4-21(20)18-26/h5-8,20-21H,1-4,9-18H2,(H,24,27). The second kappa shape index (κ2) is 10.4. The van der Waals surface area contributed by atoms with Crippen LogP contribution in [0, 0.1) is 11.8 Å². The normalized spacial score (nSPS) is 25.1. The molecule has 1 aromatic carbocycles. The fourth-order valence-corrected chi connectivity index (χ4v) is 4.95. The molecule has 0 radical (unpaired) electrons. The summed E-state index contributed by atoms with van der Waals surface area (Å²) in [5.41, 5.74) is 0.683. The molecule has 2 atom stereocenters.